The fourth-order valence-corrected chi connectivity index (χ4v) is 2.17. The van der Waals surface area contributed by atoms with Crippen LogP contribution in [-0.4, -0.2) is 23.8 Å². The Morgan fingerprint density at radius 1 is 1.20 bits per heavy atom. The second-order valence-electron chi connectivity index (χ2n) is 6.92. The van der Waals surface area contributed by atoms with Crippen LogP contribution < -0.4 is 10.2 Å². The van der Waals surface area contributed by atoms with Crippen LogP contribution in [0.1, 0.15) is 37.5 Å². The van der Waals surface area contributed by atoms with Crippen LogP contribution in [0.5, 0.6) is 11.5 Å². The van der Waals surface area contributed by atoms with E-state index < -0.39 is 0 Å². The van der Waals surface area contributed by atoms with Crippen LogP contribution in [0.25, 0.3) is 0 Å². The largest absolute Gasteiger partial charge is 0.507 e. The SMILES string of the molecule is Cc1ccc(/C=N\NC(=O)COc2ccc(C(C)(C)C)cc2)c(O)c1. The molecule has 0 aliphatic rings. The van der Waals surface area contributed by atoms with Crippen molar-refractivity contribution in [3.8, 4) is 11.5 Å². The molecule has 5 nitrogen and oxygen atoms in total. The van der Waals surface area contributed by atoms with Crippen molar-refractivity contribution in [2.45, 2.75) is 33.1 Å². The number of nitrogens with zero attached hydrogens (tertiary/aromatic N) is 1. The zero-order valence-electron chi connectivity index (χ0n) is 15.0. The minimum atomic E-state index is -0.372. The third-order valence-electron chi connectivity index (χ3n) is 3.67. The van der Waals surface area contributed by atoms with E-state index >= 15 is 0 Å². The third-order valence-corrected chi connectivity index (χ3v) is 3.67. The maximum absolute atomic E-state index is 11.8. The first-order valence-electron chi connectivity index (χ1n) is 8.10. The highest BCUT2D eigenvalue weighted by Gasteiger charge is 2.13. The Hall–Kier alpha value is -2.82. The Kier molecular flexibility index (Phi) is 5.80. The fraction of sp³-hybridized carbons (Fsp3) is 0.300. The number of carbonyl (C=O) groups excluding carboxylic acids is 1. The van der Waals surface area contributed by atoms with Crippen molar-refractivity contribution >= 4 is 12.1 Å². The maximum atomic E-state index is 11.8. The van der Waals surface area contributed by atoms with Crippen LogP contribution in [-0.2, 0) is 10.2 Å². The lowest BCUT2D eigenvalue weighted by Crippen LogP contribution is -2.24. The topological polar surface area (TPSA) is 70.9 Å². The van der Waals surface area contributed by atoms with Crippen molar-refractivity contribution in [2.75, 3.05) is 6.61 Å². The molecule has 1 amide bonds. The molecule has 0 aliphatic carbocycles. The number of aryl methyl sites for hydroxylation is 1. The van der Waals surface area contributed by atoms with Gasteiger partial charge in [0.2, 0.25) is 0 Å². The second kappa shape index (κ2) is 7.83. The standard InChI is InChI=1S/C20H24N2O3/c1-14-5-6-15(18(23)11-14)12-21-22-19(24)13-25-17-9-7-16(8-10-17)20(2,3)4/h5-12,23H,13H2,1-4H3,(H,22,24)/b21-12-. The van der Waals surface area contributed by atoms with Gasteiger partial charge in [0.05, 0.1) is 6.21 Å². The Balaban J connectivity index is 1.83. The van der Waals surface area contributed by atoms with Gasteiger partial charge in [0.1, 0.15) is 11.5 Å². The lowest BCUT2D eigenvalue weighted by atomic mass is 9.87. The fourth-order valence-electron chi connectivity index (χ4n) is 2.17. The molecule has 5 heteroatoms. The average Bonchev–Trinajstić information content (AvgIpc) is 2.54. The number of phenols is 1. The molecule has 0 atom stereocenters. The number of rotatable bonds is 5. The summed E-state index contributed by atoms with van der Waals surface area (Å²) >= 11 is 0. The first-order chi connectivity index (χ1) is 11.8. The number of aromatic hydroxyl groups is 1. The monoisotopic (exact) mass is 340 g/mol. The summed E-state index contributed by atoms with van der Waals surface area (Å²) in [7, 11) is 0. The second-order valence-corrected chi connectivity index (χ2v) is 6.92. The molecule has 0 saturated carbocycles. The first-order valence-corrected chi connectivity index (χ1v) is 8.10. The van der Waals surface area contributed by atoms with Crippen LogP contribution in [0.2, 0.25) is 0 Å². The zero-order chi connectivity index (χ0) is 18.4. The quantitative estimate of drug-likeness (QED) is 0.646. The van der Waals surface area contributed by atoms with Crippen LogP contribution in [0.15, 0.2) is 47.6 Å². The van der Waals surface area contributed by atoms with Gasteiger partial charge < -0.3 is 9.84 Å². The van der Waals surface area contributed by atoms with Gasteiger partial charge in [-0.05, 0) is 47.7 Å². The molecule has 0 saturated heterocycles. The van der Waals surface area contributed by atoms with E-state index in [1.807, 2.05) is 37.3 Å². The molecule has 2 rings (SSSR count). The number of hydrogen-bond donors (Lipinski definition) is 2. The molecular weight excluding hydrogens is 316 g/mol. The molecule has 25 heavy (non-hydrogen) atoms. The van der Waals surface area contributed by atoms with Gasteiger partial charge in [-0.3, -0.25) is 4.79 Å². The van der Waals surface area contributed by atoms with Gasteiger partial charge in [0.25, 0.3) is 5.91 Å². The van der Waals surface area contributed by atoms with Crippen molar-refractivity contribution in [3.05, 3.63) is 59.2 Å². The molecule has 0 heterocycles. The van der Waals surface area contributed by atoms with Crippen LogP contribution >= 0.6 is 0 Å². The Labute approximate surface area is 148 Å². The summed E-state index contributed by atoms with van der Waals surface area (Å²) in [6.45, 7) is 8.17. The summed E-state index contributed by atoms with van der Waals surface area (Å²) in [6.07, 6.45) is 1.39. The van der Waals surface area contributed by atoms with Gasteiger partial charge >= 0.3 is 0 Å². The maximum Gasteiger partial charge on any atom is 0.277 e. The summed E-state index contributed by atoms with van der Waals surface area (Å²) < 4.78 is 5.44. The first kappa shape index (κ1) is 18.5. The highest BCUT2D eigenvalue weighted by Crippen LogP contribution is 2.24. The average molecular weight is 340 g/mol. The highest BCUT2D eigenvalue weighted by molar-refractivity contribution is 5.85. The van der Waals surface area contributed by atoms with E-state index in [4.69, 9.17) is 4.74 Å². The molecule has 0 spiro atoms. The molecule has 2 aromatic carbocycles. The van der Waals surface area contributed by atoms with Gasteiger partial charge in [0.15, 0.2) is 6.61 Å². The van der Waals surface area contributed by atoms with Gasteiger partial charge in [-0.25, -0.2) is 5.43 Å². The Morgan fingerprint density at radius 3 is 2.48 bits per heavy atom. The molecule has 0 aliphatic heterocycles. The van der Waals surface area contributed by atoms with E-state index in [2.05, 4.69) is 31.3 Å². The predicted molar refractivity (Wildman–Crippen MR) is 99.2 cm³/mol. The number of hydrogen-bond acceptors (Lipinski definition) is 4. The molecular formula is C20H24N2O3. The number of amides is 1. The predicted octanol–water partition coefficient (Wildman–Crippen LogP) is 3.53. The summed E-state index contributed by atoms with van der Waals surface area (Å²) in [6, 6.07) is 12.9. The molecule has 132 valence electrons. The molecule has 2 N–H and O–H groups in total. The molecule has 2 aromatic rings. The summed E-state index contributed by atoms with van der Waals surface area (Å²) in [5.41, 5.74) is 5.13. The van der Waals surface area contributed by atoms with E-state index in [9.17, 15) is 9.90 Å². The van der Waals surface area contributed by atoms with Crippen LogP contribution in [0.3, 0.4) is 0 Å². The van der Waals surface area contributed by atoms with Crippen LogP contribution in [0.4, 0.5) is 0 Å². The van der Waals surface area contributed by atoms with Gasteiger partial charge in [0, 0.05) is 5.56 Å². The smallest absolute Gasteiger partial charge is 0.277 e. The molecule has 0 bridgehead atoms. The number of phenolic OH excluding ortho intramolecular Hbond substituents is 1. The highest BCUT2D eigenvalue weighted by atomic mass is 16.5. The van der Waals surface area contributed by atoms with Gasteiger partial charge in [-0.2, -0.15) is 5.10 Å². The number of carbonyl (C=O) groups is 1. The Morgan fingerprint density at radius 2 is 1.88 bits per heavy atom. The third kappa shape index (κ3) is 5.64. The van der Waals surface area contributed by atoms with Crippen LogP contribution in [0, 0.1) is 6.92 Å². The summed E-state index contributed by atoms with van der Waals surface area (Å²) in [5.74, 6) is 0.374. The van der Waals surface area contributed by atoms with Crippen molar-refractivity contribution in [3.63, 3.8) is 0 Å². The number of nitrogens with one attached hydrogen (secondary N) is 1. The van der Waals surface area contributed by atoms with Crippen molar-refractivity contribution in [2.24, 2.45) is 5.10 Å². The van der Waals surface area contributed by atoms with E-state index in [0.29, 0.717) is 11.3 Å². The Bertz CT molecular complexity index is 760. The lowest BCUT2D eigenvalue weighted by molar-refractivity contribution is -0.123. The molecule has 0 radical (unpaired) electrons. The number of ether oxygens (including phenoxy) is 1. The molecule has 0 aromatic heterocycles. The lowest BCUT2D eigenvalue weighted by Gasteiger charge is -2.19. The summed E-state index contributed by atoms with van der Waals surface area (Å²) in [4.78, 5) is 11.8. The minimum Gasteiger partial charge on any atom is -0.507 e. The van der Waals surface area contributed by atoms with E-state index in [0.717, 1.165) is 5.56 Å². The van der Waals surface area contributed by atoms with Crippen molar-refractivity contribution < 1.29 is 14.6 Å². The van der Waals surface area contributed by atoms with E-state index in [-0.39, 0.29) is 23.7 Å². The number of hydrazone groups is 1. The molecule has 0 fully saturated rings. The normalized spacial score (nSPS) is 11.5. The van der Waals surface area contributed by atoms with E-state index in [1.165, 1.54) is 11.8 Å². The molecule has 0 unspecified atom stereocenters. The minimum absolute atomic E-state index is 0.0756. The summed E-state index contributed by atoms with van der Waals surface area (Å²) in [5, 5.41) is 13.6. The van der Waals surface area contributed by atoms with Crippen molar-refractivity contribution in [1.82, 2.24) is 5.43 Å². The van der Waals surface area contributed by atoms with E-state index in [1.54, 1.807) is 12.1 Å². The number of benzene rings is 2. The van der Waals surface area contributed by atoms with Gasteiger partial charge in [-0.1, -0.05) is 39.0 Å². The van der Waals surface area contributed by atoms with Gasteiger partial charge in [-0.15, -0.1) is 0 Å². The van der Waals surface area contributed by atoms with Crippen molar-refractivity contribution in [1.29, 1.82) is 0 Å². The zero-order valence-corrected chi connectivity index (χ0v) is 15.0.